The second-order valence-corrected chi connectivity index (χ2v) is 9.10. The van der Waals surface area contributed by atoms with Crippen molar-refractivity contribution in [3.8, 4) is 0 Å². The zero-order valence-corrected chi connectivity index (χ0v) is 14.2. The zero-order valence-electron chi connectivity index (χ0n) is 11.0. The Morgan fingerprint density at radius 1 is 1.41 bits per heavy atom. The number of allylic oxidation sites excluding steroid dienone is 1. The summed E-state index contributed by atoms with van der Waals surface area (Å²) in [6, 6.07) is 0. The van der Waals surface area contributed by atoms with E-state index in [1.165, 1.54) is 23.5 Å². The summed E-state index contributed by atoms with van der Waals surface area (Å²) in [5.74, 6) is 2.42. The molecule has 1 saturated heterocycles. The van der Waals surface area contributed by atoms with Gasteiger partial charge >= 0.3 is 0 Å². The Kier molecular flexibility index (Phi) is 6.45. The van der Waals surface area contributed by atoms with Crippen LogP contribution in [0.5, 0.6) is 0 Å². The fraction of sp³-hybridized carbons (Fsp3) is 0.846. The highest BCUT2D eigenvalue weighted by molar-refractivity contribution is 9.09. The van der Waals surface area contributed by atoms with Crippen LogP contribution in [0.2, 0.25) is 0 Å². The Morgan fingerprint density at radius 2 is 2.00 bits per heavy atom. The van der Waals surface area contributed by atoms with Gasteiger partial charge in [-0.1, -0.05) is 27.6 Å². The molecule has 1 rings (SSSR count). The summed E-state index contributed by atoms with van der Waals surface area (Å²) < 4.78 is 0.0861. The van der Waals surface area contributed by atoms with Crippen LogP contribution in [0.1, 0.15) is 40.0 Å². The summed E-state index contributed by atoms with van der Waals surface area (Å²) in [6.07, 6.45) is 5.29. The molecule has 1 aliphatic heterocycles. The van der Waals surface area contributed by atoms with Crippen molar-refractivity contribution in [3.05, 3.63) is 11.6 Å². The number of rotatable bonds is 5. The van der Waals surface area contributed by atoms with Crippen molar-refractivity contribution in [2.24, 2.45) is 0 Å². The molecule has 0 aromatic rings. The molecule has 0 radical (unpaired) electrons. The van der Waals surface area contributed by atoms with E-state index in [1.54, 1.807) is 0 Å². The molecule has 0 aliphatic carbocycles. The third kappa shape index (κ3) is 5.58. The average Bonchev–Trinajstić information content (AvgIpc) is 2.15. The van der Waals surface area contributed by atoms with E-state index in [2.05, 4.69) is 35.9 Å². The van der Waals surface area contributed by atoms with Gasteiger partial charge in [0.25, 0.3) is 0 Å². The Bertz CT molecular complexity index is 267. The largest absolute Gasteiger partial charge is 0.390 e. The Balaban J connectivity index is 2.80. The summed E-state index contributed by atoms with van der Waals surface area (Å²) >= 11 is 7.44. The predicted molar refractivity (Wildman–Crippen MR) is 85.3 cm³/mol. The highest BCUT2D eigenvalue weighted by atomic mass is 79.9. The van der Waals surface area contributed by atoms with Crippen molar-refractivity contribution in [2.45, 2.75) is 49.7 Å². The normalized spacial score (nSPS) is 22.9. The highest BCUT2D eigenvalue weighted by Crippen LogP contribution is 2.49. The van der Waals surface area contributed by atoms with E-state index in [0.717, 1.165) is 18.2 Å². The van der Waals surface area contributed by atoms with Crippen LogP contribution in [0.15, 0.2) is 11.6 Å². The first-order valence-corrected chi connectivity index (χ1v) is 9.21. The van der Waals surface area contributed by atoms with E-state index in [9.17, 15) is 5.11 Å². The lowest BCUT2D eigenvalue weighted by atomic mass is 9.96. The molecule has 1 unspecified atom stereocenters. The number of thioether (sulfide) groups is 2. The van der Waals surface area contributed by atoms with Crippen molar-refractivity contribution < 1.29 is 5.11 Å². The van der Waals surface area contributed by atoms with Crippen molar-refractivity contribution in [2.75, 3.05) is 16.8 Å². The van der Waals surface area contributed by atoms with Gasteiger partial charge in [0.2, 0.25) is 0 Å². The highest BCUT2D eigenvalue weighted by Gasteiger charge is 2.38. The van der Waals surface area contributed by atoms with E-state index < -0.39 is 5.60 Å². The molecule has 17 heavy (non-hydrogen) atoms. The lowest BCUT2D eigenvalue weighted by Gasteiger charge is -2.39. The quantitative estimate of drug-likeness (QED) is 0.590. The van der Waals surface area contributed by atoms with Gasteiger partial charge in [-0.3, -0.25) is 0 Å². The van der Waals surface area contributed by atoms with E-state index in [-0.39, 0.29) is 4.08 Å². The molecule has 0 saturated carbocycles. The molecule has 100 valence electrons. The fourth-order valence-electron chi connectivity index (χ4n) is 2.09. The number of hydrogen-bond acceptors (Lipinski definition) is 3. The Morgan fingerprint density at radius 3 is 2.47 bits per heavy atom. The molecule has 1 N–H and O–H groups in total. The summed E-state index contributed by atoms with van der Waals surface area (Å²) in [7, 11) is 0. The van der Waals surface area contributed by atoms with Crippen LogP contribution in [0, 0.1) is 0 Å². The van der Waals surface area contributed by atoms with Gasteiger partial charge in [-0.2, -0.15) is 0 Å². The lowest BCUT2D eigenvalue weighted by Crippen LogP contribution is -2.36. The molecule has 1 heterocycles. The summed E-state index contributed by atoms with van der Waals surface area (Å²) in [5.41, 5.74) is 0.772. The van der Waals surface area contributed by atoms with Gasteiger partial charge in [-0.05, 0) is 45.1 Å². The molecule has 1 nitrogen and oxygen atoms in total. The fourth-order valence-corrected chi connectivity index (χ4v) is 6.69. The molecule has 0 aromatic carbocycles. The second kappa shape index (κ2) is 6.88. The molecule has 4 heteroatoms. The number of hydrogen-bond donors (Lipinski definition) is 1. The van der Waals surface area contributed by atoms with Gasteiger partial charge < -0.3 is 5.11 Å². The second-order valence-electron chi connectivity index (χ2n) is 5.20. The van der Waals surface area contributed by atoms with Crippen LogP contribution in [-0.4, -0.2) is 31.6 Å². The van der Waals surface area contributed by atoms with Crippen LogP contribution < -0.4 is 0 Å². The summed E-state index contributed by atoms with van der Waals surface area (Å²) in [6.45, 7) is 6.26. The minimum Gasteiger partial charge on any atom is -0.390 e. The monoisotopic (exact) mass is 338 g/mol. The van der Waals surface area contributed by atoms with E-state index in [1.807, 2.05) is 30.4 Å². The zero-order chi connectivity index (χ0) is 12.9. The third-order valence-electron chi connectivity index (χ3n) is 2.75. The average molecular weight is 339 g/mol. The van der Waals surface area contributed by atoms with E-state index >= 15 is 0 Å². The maximum atomic E-state index is 10.5. The van der Waals surface area contributed by atoms with Gasteiger partial charge in [0.15, 0.2) is 0 Å². The predicted octanol–water partition coefficient (Wildman–Crippen LogP) is 4.45. The topological polar surface area (TPSA) is 20.2 Å². The van der Waals surface area contributed by atoms with Gasteiger partial charge in [0.05, 0.1) is 9.68 Å². The molecule has 1 atom stereocenters. The number of halogens is 1. The molecule has 0 bridgehead atoms. The first-order chi connectivity index (χ1) is 7.89. The third-order valence-corrected chi connectivity index (χ3v) is 6.34. The van der Waals surface area contributed by atoms with Crippen LogP contribution >= 0.6 is 39.5 Å². The van der Waals surface area contributed by atoms with E-state index in [4.69, 9.17) is 0 Å². The molecule has 1 aliphatic rings. The van der Waals surface area contributed by atoms with Crippen molar-refractivity contribution in [3.63, 3.8) is 0 Å². The van der Waals surface area contributed by atoms with Crippen molar-refractivity contribution >= 4 is 39.5 Å². The van der Waals surface area contributed by atoms with Crippen LogP contribution in [-0.2, 0) is 0 Å². The molecular weight excluding hydrogens is 316 g/mol. The smallest absolute Gasteiger partial charge is 0.0820 e. The van der Waals surface area contributed by atoms with Crippen molar-refractivity contribution in [1.29, 1.82) is 0 Å². The molecule has 1 fully saturated rings. The molecule has 0 amide bonds. The van der Waals surface area contributed by atoms with Gasteiger partial charge in [-0.15, -0.1) is 23.5 Å². The van der Waals surface area contributed by atoms with Crippen LogP contribution in [0.3, 0.4) is 0 Å². The van der Waals surface area contributed by atoms with Crippen molar-refractivity contribution in [1.82, 2.24) is 0 Å². The van der Waals surface area contributed by atoms with E-state index in [0.29, 0.717) is 0 Å². The SMILES string of the molecule is CC(C)=CC1(CC(C)(O)CCBr)SCCCS1. The minimum atomic E-state index is -0.577. The molecule has 0 aromatic heterocycles. The minimum absolute atomic E-state index is 0.0861. The summed E-state index contributed by atoms with van der Waals surface area (Å²) in [5, 5.41) is 11.3. The maximum Gasteiger partial charge on any atom is 0.0820 e. The van der Waals surface area contributed by atoms with Crippen LogP contribution in [0.4, 0.5) is 0 Å². The first-order valence-electron chi connectivity index (χ1n) is 6.11. The Labute approximate surface area is 122 Å². The summed E-state index contributed by atoms with van der Waals surface area (Å²) in [4.78, 5) is 0. The Hall–Kier alpha value is 0.880. The van der Waals surface area contributed by atoms with Gasteiger partial charge in [0.1, 0.15) is 0 Å². The van der Waals surface area contributed by atoms with Gasteiger partial charge in [-0.25, -0.2) is 0 Å². The lowest BCUT2D eigenvalue weighted by molar-refractivity contribution is 0.0486. The first kappa shape index (κ1) is 15.9. The van der Waals surface area contributed by atoms with Gasteiger partial charge in [0, 0.05) is 11.8 Å². The number of alkyl halides is 1. The molecule has 0 spiro atoms. The maximum absolute atomic E-state index is 10.5. The number of aliphatic hydroxyl groups is 1. The standard InChI is InChI=1S/C13H23BrOS2/c1-11(2)9-13(16-7-4-8-17-13)10-12(3,15)5-6-14/h9,15H,4-8,10H2,1-3H3. The molecular formula is C13H23BrOS2. The van der Waals surface area contributed by atoms with Crippen LogP contribution in [0.25, 0.3) is 0 Å².